The normalized spacial score (nSPS) is 13.8. The SMILES string of the molecule is CCCC(NCCCN=C(C)N)c1ccc(-n2cc3cc(-c4cc(F)c(C(F)(F)F)c(CCCC(C)N)c4)[nH]c3nc2=O)cc1. The fourth-order valence-corrected chi connectivity index (χ4v) is 5.44. The maximum Gasteiger partial charge on any atom is 0.419 e. The minimum absolute atomic E-state index is 0.0253. The van der Waals surface area contributed by atoms with Gasteiger partial charge >= 0.3 is 11.9 Å². The summed E-state index contributed by atoms with van der Waals surface area (Å²) in [5.41, 5.74) is 12.0. The fraction of sp³-hybridized carbons (Fsp3) is 0.424. The van der Waals surface area contributed by atoms with Gasteiger partial charge in [-0.2, -0.15) is 18.2 Å². The Morgan fingerprint density at radius 3 is 2.51 bits per heavy atom. The van der Waals surface area contributed by atoms with Crippen LogP contribution in [0.25, 0.3) is 28.0 Å². The largest absolute Gasteiger partial charge is 0.419 e. The molecule has 2 atom stereocenters. The minimum Gasteiger partial charge on any atom is -0.388 e. The Bertz CT molecular complexity index is 1670. The van der Waals surface area contributed by atoms with Crippen LogP contribution >= 0.6 is 0 Å². The van der Waals surface area contributed by atoms with E-state index in [2.05, 4.69) is 27.2 Å². The first-order valence-corrected chi connectivity index (χ1v) is 15.3. The summed E-state index contributed by atoms with van der Waals surface area (Å²) in [5.74, 6) is -0.780. The van der Waals surface area contributed by atoms with Crippen molar-refractivity contribution < 1.29 is 17.6 Å². The molecule has 8 nitrogen and oxygen atoms in total. The molecule has 2 heterocycles. The Balaban J connectivity index is 1.60. The molecule has 12 heteroatoms. The lowest BCUT2D eigenvalue weighted by molar-refractivity contribution is -0.140. The highest BCUT2D eigenvalue weighted by molar-refractivity contribution is 5.82. The molecule has 0 saturated carbocycles. The molecule has 0 fully saturated rings. The number of nitrogens with zero attached hydrogens (tertiary/aromatic N) is 3. The van der Waals surface area contributed by atoms with E-state index in [4.69, 9.17) is 11.5 Å². The summed E-state index contributed by atoms with van der Waals surface area (Å²) >= 11 is 0. The number of nitrogens with one attached hydrogen (secondary N) is 2. The quantitative estimate of drug-likeness (QED) is 0.0557. The summed E-state index contributed by atoms with van der Waals surface area (Å²) in [5, 5.41) is 4.12. The van der Waals surface area contributed by atoms with Gasteiger partial charge in [-0.05, 0) is 94.0 Å². The second kappa shape index (κ2) is 14.8. The van der Waals surface area contributed by atoms with Crippen molar-refractivity contribution in [1.82, 2.24) is 19.9 Å². The van der Waals surface area contributed by atoms with Gasteiger partial charge in [0.05, 0.1) is 17.1 Å². The molecule has 6 N–H and O–H groups in total. The smallest absolute Gasteiger partial charge is 0.388 e. The molecule has 4 aromatic rings. The minimum atomic E-state index is -4.84. The van der Waals surface area contributed by atoms with Gasteiger partial charge in [0.25, 0.3) is 0 Å². The number of aliphatic imine (C=N–C) groups is 1. The molecule has 0 aliphatic heterocycles. The van der Waals surface area contributed by atoms with E-state index in [1.165, 1.54) is 10.6 Å². The van der Waals surface area contributed by atoms with Gasteiger partial charge in [0, 0.05) is 41.5 Å². The molecule has 0 spiro atoms. The number of rotatable bonds is 14. The Morgan fingerprint density at radius 2 is 1.87 bits per heavy atom. The summed E-state index contributed by atoms with van der Waals surface area (Å²) in [4.78, 5) is 24.3. The van der Waals surface area contributed by atoms with Crippen LogP contribution < -0.4 is 22.5 Å². The maximum atomic E-state index is 14.9. The molecule has 0 radical (unpaired) electrons. The number of aryl methyl sites for hydroxylation is 1. The summed E-state index contributed by atoms with van der Waals surface area (Å²) in [6.07, 6.45) is 0.493. The molecule has 0 amide bonds. The lowest BCUT2D eigenvalue weighted by atomic mass is 9.96. The second-order valence-corrected chi connectivity index (χ2v) is 11.5. The molecule has 4 rings (SSSR count). The predicted octanol–water partition coefficient (Wildman–Crippen LogP) is 6.41. The number of H-pyrrole nitrogens is 1. The number of hydrogen-bond donors (Lipinski definition) is 4. The molecule has 45 heavy (non-hydrogen) atoms. The van der Waals surface area contributed by atoms with Crippen LogP contribution in [0.3, 0.4) is 0 Å². The van der Waals surface area contributed by atoms with E-state index >= 15 is 0 Å². The van der Waals surface area contributed by atoms with Gasteiger partial charge in [-0.1, -0.05) is 25.5 Å². The van der Waals surface area contributed by atoms with E-state index in [-0.39, 0.29) is 35.3 Å². The summed E-state index contributed by atoms with van der Waals surface area (Å²) in [6.45, 7) is 7.12. The van der Waals surface area contributed by atoms with E-state index in [9.17, 15) is 22.4 Å². The third kappa shape index (κ3) is 8.79. The van der Waals surface area contributed by atoms with Crippen LogP contribution in [-0.4, -0.2) is 39.5 Å². The van der Waals surface area contributed by atoms with Crippen molar-refractivity contribution in [3.8, 4) is 16.9 Å². The van der Waals surface area contributed by atoms with Crippen molar-refractivity contribution in [2.45, 2.75) is 77.6 Å². The number of benzene rings is 2. The summed E-state index contributed by atoms with van der Waals surface area (Å²) in [7, 11) is 0. The molecule has 2 aromatic heterocycles. The molecule has 0 aliphatic carbocycles. The van der Waals surface area contributed by atoms with E-state index < -0.39 is 23.2 Å². The Kier molecular flexibility index (Phi) is 11.2. The number of fused-ring (bicyclic) bond motifs is 1. The number of aromatic nitrogens is 3. The van der Waals surface area contributed by atoms with E-state index in [1.807, 2.05) is 24.3 Å². The van der Waals surface area contributed by atoms with Crippen LogP contribution in [-0.2, 0) is 12.6 Å². The zero-order valence-electron chi connectivity index (χ0n) is 25.8. The number of alkyl halides is 3. The average Bonchev–Trinajstić information content (AvgIpc) is 3.38. The van der Waals surface area contributed by atoms with Crippen molar-refractivity contribution in [1.29, 1.82) is 0 Å². The second-order valence-electron chi connectivity index (χ2n) is 11.5. The summed E-state index contributed by atoms with van der Waals surface area (Å²) < 4.78 is 57.5. The number of halogens is 4. The molecular weight excluding hydrogens is 586 g/mol. The van der Waals surface area contributed by atoms with Crippen LogP contribution in [0.4, 0.5) is 17.6 Å². The van der Waals surface area contributed by atoms with Gasteiger partial charge in [0.1, 0.15) is 11.5 Å². The van der Waals surface area contributed by atoms with Crippen LogP contribution in [0.5, 0.6) is 0 Å². The van der Waals surface area contributed by atoms with Crippen molar-refractivity contribution >= 4 is 16.9 Å². The van der Waals surface area contributed by atoms with Crippen molar-refractivity contribution in [3.05, 3.63) is 81.7 Å². The monoisotopic (exact) mass is 627 g/mol. The highest BCUT2D eigenvalue weighted by Gasteiger charge is 2.37. The average molecular weight is 628 g/mol. The third-order valence-electron chi connectivity index (χ3n) is 7.62. The van der Waals surface area contributed by atoms with Gasteiger partial charge in [-0.15, -0.1) is 0 Å². The summed E-state index contributed by atoms with van der Waals surface area (Å²) in [6, 6.07) is 11.5. The number of amidine groups is 1. The van der Waals surface area contributed by atoms with Crippen LogP contribution in [0.2, 0.25) is 0 Å². The lowest BCUT2D eigenvalue weighted by Crippen LogP contribution is -2.23. The zero-order chi connectivity index (χ0) is 32.7. The maximum absolute atomic E-state index is 14.9. The van der Waals surface area contributed by atoms with Crippen molar-refractivity contribution in [2.75, 3.05) is 13.1 Å². The predicted molar refractivity (Wildman–Crippen MR) is 171 cm³/mol. The Labute approximate surface area is 260 Å². The lowest BCUT2D eigenvalue weighted by Gasteiger charge is -2.19. The topological polar surface area (TPSA) is 127 Å². The van der Waals surface area contributed by atoms with Crippen LogP contribution in [0.15, 0.2) is 58.4 Å². The van der Waals surface area contributed by atoms with E-state index in [0.717, 1.165) is 37.4 Å². The molecule has 0 saturated heterocycles. The standard InChI is InChI=1S/C33H41F4N7O/c1-4-7-28(41-15-6-14-40-21(3)39)22-10-12-26(13-11-22)44-19-25-18-29(42-31(25)43-32(44)45)24-16-23(9-5-8-20(2)38)30(27(34)17-24)33(35,36)37/h10-13,16-20,28,41H,4-9,14-15,38H2,1-3H3,(H2,39,40)(H,42,43,45). The molecular formula is C33H41F4N7O. The first kappa shape index (κ1) is 33.9. The first-order chi connectivity index (χ1) is 21.4. The van der Waals surface area contributed by atoms with Crippen LogP contribution in [0.1, 0.15) is 75.6 Å². The van der Waals surface area contributed by atoms with E-state index in [0.29, 0.717) is 42.0 Å². The van der Waals surface area contributed by atoms with Gasteiger partial charge in [-0.25, -0.2) is 9.18 Å². The highest BCUT2D eigenvalue weighted by atomic mass is 19.4. The van der Waals surface area contributed by atoms with Crippen molar-refractivity contribution in [2.24, 2.45) is 16.5 Å². The van der Waals surface area contributed by atoms with Gasteiger partial charge in [0.2, 0.25) is 0 Å². The Morgan fingerprint density at radius 1 is 1.13 bits per heavy atom. The van der Waals surface area contributed by atoms with Gasteiger partial charge in [-0.3, -0.25) is 9.56 Å². The fourth-order valence-electron chi connectivity index (χ4n) is 5.44. The van der Waals surface area contributed by atoms with Gasteiger partial charge in [0.15, 0.2) is 0 Å². The number of hydrogen-bond acceptors (Lipinski definition) is 5. The van der Waals surface area contributed by atoms with Gasteiger partial charge < -0.3 is 21.8 Å². The number of nitrogens with two attached hydrogens (primary N) is 2. The Hall–Kier alpha value is -4.03. The number of aromatic amines is 1. The molecule has 0 aliphatic rings. The molecule has 242 valence electrons. The van der Waals surface area contributed by atoms with E-state index in [1.54, 1.807) is 26.1 Å². The molecule has 2 aromatic carbocycles. The highest BCUT2D eigenvalue weighted by Crippen LogP contribution is 2.37. The zero-order valence-corrected chi connectivity index (χ0v) is 25.8. The molecule has 0 bridgehead atoms. The molecule has 2 unspecified atom stereocenters. The third-order valence-corrected chi connectivity index (χ3v) is 7.62. The first-order valence-electron chi connectivity index (χ1n) is 15.3. The van der Waals surface area contributed by atoms with Crippen LogP contribution in [0, 0.1) is 5.82 Å². The van der Waals surface area contributed by atoms with Crippen molar-refractivity contribution in [3.63, 3.8) is 0 Å².